The molecule has 0 radical (unpaired) electrons. The number of benzene rings is 2. The third kappa shape index (κ3) is 7.36. The lowest BCUT2D eigenvalue weighted by molar-refractivity contribution is -0.145. The topological polar surface area (TPSA) is 64.7 Å². The fraction of sp³-hybridized carbons (Fsp3) is 0.545. The molecule has 4 aliphatic carbocycles. The summed E-state index contributed by atoms with van der Waals surface area (Å²) < 4.78 is 5.62. The molecule has 2 aromatic rings. The Morgan fingerprint density at radius 2 is 1.75 bits per heavy atom. The minimum Gasteiger partial charge on any atom is -0.461 e. The predicted octanol–water partition coefficient (Wildman–Crippen LogP) is 9.99. The number of aliphatic imine (C=N–C) groups is 1. The van der Waals surface area contributed by atoms with Gasteiger partial charge < -0.3 is 10.5 Å². The molecule has 0 amide bonds. The highest BCUT2D eigenvalue weighted by molar-refractivity contribution is 5.69. The van der Waals surface area contributed by atoms with Crippen LogP contribution in [0.3, 0.4) is 0 Å². The zero-order valence-electron chi connectivity index (χ0n) is 29.5. The van der Waals surface area contributed by atoms with E-state index in [1.54, 1.807) is 0 Å². The maximum Gasteiger partial charge on any atom is 0.306 e. The SMILES string of the molecule is C=C(/C=C/c1ccc(C#C[C@H]2CC[C@]3(C)C4CC[C@]5(C)C(C(C)CCC(=O)OCc6ccccc6)CCC5[C@@H]4CC[C@@H]3C2)cc1)N=CN. The number of nitrogens with two attached hydrogens (primary N) is 1. The van der Waals surface area contributed by atoms with Gasteiger partial charge in [0.2, 0.25) is 0 Å². The van der Waals surface area contributed by atoms with E-state index in [9.17, 15) is 4.79 Å². The highest BCUT2D eigenvalue weighted by atomic mass is 16.5. The first kappa shape index (κ1) is 34.3. The molecule has 4 nitrogen and oxygen atoms in total. The number of fused-ring (bicyclic) bond motifs is 5. The van der Waals surface area contributed by atoms with Crippen molar-refractivity contribution >= 4 is 18.4 Å². The van der Waals surface area contributed by atoms with Crippen LogP contribution in [0.15, 0.2) is 77.9 Å². The number of rotatable bonds is 9. The molecule has 0 heterocycles. The minimum atomic E-state index is -0.0522. The lowest BCUT2D eigenvalue weighted by Gasteiger charge is -2.61. The van der Waals surface area contributed by atoms with Crippen LogP contribution in [0.5, 0.6) is 0 Å². The van der Waals surface area contributed by atoms with E-state index in [4.69, 9.17) is 10.5 Å². The van der Waals surface area contributed by atoms with Gasteiger partial charge in [-0.05, 0) is 140 Å². The lowest BCUT2D eigenvalue weighted by atomic mass is 9.44. The first-order valence-corrected chi connectivity index (χ1v) is 18.6. The van der Waals surface area contributed by atoms with Crippen molar-refractivity contribution < 1.29 is 9.53 Å². The molecule has 6 rings (SSSR count). The fourth-order valence-electron chi connectivity index (χ4n) is 10.9. The third-order valence-electron chi connectivity index (χ3n) is 13.5. The molecule has 254 valence electrons. The van der Waals surface area contributed by atoms with Crippen LogP contribution in [0, 0.1) is 64.1 Å². The van der Waals surface area contributed by atoms with Crippen molar-refractivity contribution in [1.29, 1.82) is 0 Å². The van der Waals surface area contributed by atoms with Crippen molar-refractivity contribution in [1.82, 2.24) is 0 Å². The number of ether oxygens (including phenoxy) is 1. The zero-order chi connectivity index (χ0) is 33.7. The summed E-state index contributed by atoms with van der Waals surface area (Å²) in [5.74, 6) is 12.3. The van der Waals surface area contributed by atoms with Gasteiger partial charge in [0.05, 0.1) is 12.0 Å². The summed E-state index contributed by atoms with van der Waals surface area (Å²) >= 11 is 0. The highest BCUT2D eigenvalue weighted by Gasteiger charge is 2.60. The van der Waals surface area contributed by atoms with Gasteiger partial charge in [-0.2, -0.15) is 0 Å². The number of allylic oxidation sites excluding steroid dienone is 1. The average Bonchev–Trinajstić information content (AvgIpc) is 3.46. The lowest BCUT2D eigenvalue weighted by Crippen LogP contribution is -2.53. The number of hydrogen-bond acceptors (Lipinski definition) is 3. The van der Waals surface area contributed by atoms with E-state index < -0.39 is 0 Å². The Labute approximate surface area is 289 Å². The van der Waals surface area contributed by atoms with E-state index in [-0.39, 0.29) is 5.97 Å². The Hall–Kier alpha value is -3.58. The van der Waals surface area contributed by atoms with Crippen molar-refractivity contribution in [3.8, 4) is 11.8 Å². The molecule has 0 spiro atoms. The van der Waals surface area contributed by atoms with E-state index in [0.717, 1.165) is 52.7 Å². The predicted molar refractivity (Wildman–Crippen MR) is 198 cm³/mol. The van der Waals surface area contributed by atoms with Crippen LogP contribution in [0.2, 0.25) is 0 Å². The van der Waals surface area contributed by atoms with Crippen LogP contribution >= 0.6 is 0 Å². The minimum absolute atomic E-state index is 0.0522. The summed E-state index contributed by atoms with van der Waals surface area (Å²) in [6, 6.07) is 18.4. The van der Waals surface area contributed by atoms with Gasteiger partial charge in [0, 0.05) is 17.9 Å². The molecule has 2 N–H and O–H groups in total. The van der Waals surface area contributed by atoms with Gasteiger partial charge in [0.15, 0.2) is 0 Å². The summed E-state index contributed by atoms with van der Waals surface area (Å²) in [7, 11) is 0. The van der Waals surface area contributed by atoms with Gasteiger partial charge in [0.25, 0.3) is 0 Å². The summed E-state index contributed by atoms with van der Waals surface area (Å²) in [6.07, 6.45) is 18.7. The van der Waals surface area contributed by atoms with E-state index in [1.165, 1.54) is 64.1 Å². The molecule has 48 heavy (non-hydrogen) atoms. The summed E-state index contributed by atoms with van der Waals surface area (Å²) in [5, 5.41) is 0. The number of esters is 1. The Morgan fingerprint density at radius 3 is 2.52 bits per heavy atom. The van der Waals surface area contributed by atoms with E-state index in [1.807, 2.05) is 42.5 Å². The molecule has 4 unspecified atom stereocenters. The Balaban J connectivity index is 1.02. The van der Waals surface area contributed by atoms with Crippen LogP contribution in [0.25, 0.3) is 6.08 Å². The van der Waals surface area contributed by atoms with E-state index in [0.29, 0.717) is 41.4 Å². The molecule has 2 aromatic carbocycles. The molecule has 0 aromatic heterocycles. The Kier molecular flexibility index (Phi) is 10.6. The molecular weight excluding hydrogens is 588 g/mol. The van der Waals surface area contributed by atoms with Gasteiger partial charge in [-0.3, -0.25) is 4.79 Å². The highest BCUT2D eigenvalue weighted by Crippen LogP contribution is 2.68. The zero-order valence-corrected chi connectivity index (χ0v) is 29.5. The van der Waals surface area contributed by atoms with Gasteiger partial charge in [-0.1, -0.05) is 87.7 Å². The van der Waals surface area contributed by atoms with Gasteiger partial charge in [-0.25, -0.2) is 4.99 Å². The maximum atomic E-state index is 12.6. The second-order valence-electron chi connectivity index (χ2n) is 16.0. The van der Waals surface area contributed by atoms with Crippen molar-refractivity contribution in [2.45, 2.75) is 98.0 Å². The average molecular weight is 645 g/mol. The smallest absolute Gasteiger partial charge is 0.306 e. The summed E-state index contributed by atoms with van der Waals surface area (Å²) in [5.41, 5.74) is 10.1. The fourth-order valence-corrected chi connectivity index (χ4v) is 10.9. The first-order chi connectivity index (χ1) is 23.2. The largest absolute Gasteiger partial charge is 0.461 e. The summed E-state index contributed by atoms with van der Waals surface area (Å²) in [6.45, 7) is 12.0. The van der Waals surface area contributed by atoms with Crippen LogP contribution in [-0.2, 0) is 16.1 Å². The van der Waals surface area contributed by atoms with Crippen molar-refractivity contribution in [2.75, 3.05) is 0 Å². The van der Waals surface area contributed by atoms with Crippen molar-refractivity contribution in [2.24, 2.45) is 63.0 Å². The van der Waals surface area contributed by atoms with Crippen LogP contribution < -0.4 is 5.73 Å². The van der Waals surface area contributed by atoms with Crippen LogP contribution in [0.1, 0.15) is 108 Å². The molecule has 4 heteroatoms. The monoisotopic (exact) mass is 644 g/mol. The molecule has 0 saturated heterocycles. The molecule has 9 atom stereocenters. The van der Waals surface area contributed by atoms with Crippen molar-refractivity contribution in [3.05, 3.63) is 89.6 Å². The second kappa shape index (κ2) is 14.9. The molecule has 4 saturated carbocycles. The second-order valence-corrected chi connectivity index (χ2v) is 16.0. The van der Waals surface area contributed by atoms with Gasteiger partial charge in [0.1, 0.15) is 6.61 Å². The van der Waals surface area contributed by atoms with E-state index in [2.05, 4.69) is 68.4 Å². The standard InChI is InChI=1S/C44H56N2O2/c1-31(10-23-42(47)48-29-36-8-6-5-7-9-36)39-21-22-40-38-20-19-37-28-35(24-26-43(37,3)41(38)25-27-44(39,40)4)18-17-34-15-13-33(14-16-34)12-11-32(2)46-30-45/h5-9,11-16,30-31,35,37-41H,2,10,19-29H2,1,3-4H3,(H2,45,46)/b12-11+/t31?,35-,37+,38-,39?,40?,41?,43-,44+/m0/s1. The molecule has 4 aliphatic rings. The summed E-state index contributed by atoms with van der Waals surface area (Å²) in [4.78, 5) is 16.6. The number of hydrogen-bond donors (Lipinski definition) is 1. The normalized spacial score (nSPS) is 33.2. The Bertz CT molecular complexity index is 1550. The number of carbonyl (C=O) groups excluding carboxylic acids is 1. The molecule has 0 aliphatic heterocycles. The van der Waals surface area contributed by atoms with Crippen LogP contribution in [-0.4, -0.2) is 12.3 Å². The number of carbonyl (C=O) groups is 1. The molecular formula is C44H56N2O2. The van der Waals surface area contributed by atoms with Gasteiger partial charge in [-0.15, -0.1) is 0 Å². The first-order valence-electron chi connectivity index (χ1n) is 18.6. The maximum absolute atomic E-state index is 12.6. The van der Waals surface area contributed by atoms with Crippen molar-refractivity contribution in [3.63, 3.8) is 0 Å². The molecule has 0 bridgehead atoms. The number of nitrogens with zero attached hydrogens (tertiary/aromatic N) is 1. The molecule has 4 fully saturated rings. The third-order valence-corrected chi connectivity index (χ3v) is 13.5. The Morgan fingerprint density at radius 1 is 1.00 bits per heavy atom. The quantitative estimate of drug-likeness (QED) is 0.0972. The van der Waals surface area contributed by atoms with Gasteiger partial charge >= 0.3 is 5.97 Å². The van der Waals surface area contributed by atoms with Crippen LogP contribution in [0.4, 0.5) is 0 Å². The van der Waals surface area contributed by atoms with E-state index >= 15 is 0 Å².